The van der Waals surface area contributed by atoms with E-state index >= 15 is 0 Å². The molecule has 1 saturated heterocycles. The SMILES string of the molecule is CCOc1ccc(-c2noc(CN3CCC(OCc4ccccc4)CC3)n2)cc1. The smallest absolute Gasteiger partial charge is 0.241 e. The third kappa shape index (κ3) is 5.43. The van der Waals surface area contributed by atoms with Gasteiger partial charge in [0.15, 0.2) is 0 Å². The molecule has 1 aromatic heterocycles. The minimum absolute atomic E-state index is 0.313. The summed E-state index contributed by atoms with van der Waals surface area (Å²) in [4.78, 5) is 6.90. The van der Waals surface area contributed by atoms with Gasteiger partial charge in [0.1, 0.15) is 5.75 Å². The van der Waals surface area contributed by atoms with Crippen molar-refractivity contribution >= 4 is 0 Å². The third-order valence-corrected chi connectivity index (χ3v) is 5.11. The van der Waals surface area contributed by atoms with Crippen molar-refractivity contribution in [3.8, 4) is 17.1 Å². The zero-order chi connectivity index (χ0) is 19.9. The molecule has 1 aliphatic heterocycles. The maximum absolute atomic E-state index is 6.07. The zero-order valence-corrected chi connectivity index (χ0v) is 16.8. The molecular formula is C23H27N3O3. The molecule has 2 heterocycles. The maximum Gasteiger partial charge on any atom is 0.241 e. The van der Waals surface area contributed by atoms with Crippen LogP contribution in [0.25, 0.3) is 11.4 Å². The van der Waals surface area contributed by atoms with E-state index in [0.29, 0.717) is 37.6 Å². The van der Waals surface area contributed by atoms with E-state index in [9.17, 15) is 0 Å². The Morgan fingerprint density at radius 3 is 2.52 bits per heavy atom. The van der Waals surface area contributed by atoms with Crippen molar-refractivity contribution in [2.45, 2.75) is 39.0 Å². The van der Waals surface area contributed by atoms with E-state index in [1.807, 2.05) is 49.4 Å². The van der Waals surface area contributed by atoms with Crippen LogP contribution < -0.4 is 4.74 Å². The first-order chi connectivity index (χ1) is 14.3. The van der Waals surface area contributed by atoms with Crippen LogP contribution in [0.3, 0.4) is 0 Å². The first-order valence-corrected chi connectivity index (χ1v) is 10.2. The Hall–Kier alpha value is -2.70. The lowest BCUT2D eigenvalue weighted by Gasteiger charge is -2.30. The van der Waals surface area contributed by atoms with Gasteiger partial charge in [-0.25, -0.2) is 0 Å². The van der Waals surface area contributed by atoms with Gasteiger partial charge in [-0.05, 0) is 49.6 Å². The average Bonchev–Trinajstić information content (AvgIpc) is 3.23. The number of likely N-dealkylation sites (tertiary alicyclic amines) is 1. The van der Waals surface area contributed by atoms with Crippen molar-refractivity contribution in [1.82, 2.24) is 15.0 Å². The summed E-state index contributed by atoms with van der Waals surface area (Å²) in [5.74, 6) is 2.11. The van der Waals surface area contributed by atoms with Crippen LogP contribution in [0.4, 0.5) is 0 Å². The van der Waals surface area contributed by atoms with Gasteiger partial charge in [0, 0.05) is 18.7 Å². The Kier molecular flexibility index (Phi) is 6.54. The van der Waals surface area contributed by atoms with E-state index in [0.717, 1.165) is 37.2 Å². The predicted octanol–water partition coefficient (Wildman–Crippen LogP) is 4.32. The highest BCUT2D eigenvalue weighted by Gasteiger charge is 2.21. The molecule has 6 heteroatoms. The number of aromatic nitrogens is 2. The van der Waals surface area contributed by atoms with E-state index < -0.39 is 0 Å². The summed E-state index contributed by atoms with van der Waals surface area (Å²) < 4.78 is 17.0. The second-order valence-electron chi connectivity index (χ2n) is 7.24. The molecule has 152 valence electrons. The average molecular weight is 393 g/mol. The van der Waals surface area contributed by atoms with Crippen LogP contribution in [-0.2, 0) is 17.9 Å². The van der Waals surface area contributed by atoms with Gasteiger partial charge in [0.2, 0.25) is 11.7 Å². The Bertz CT molecular complexity index is 872. The number of rotatable bonds is 8. The molecule has 0 amide bonds. The van der Waals surface area contributed by atoms with Crippen LogP contribution >= 0.6 is 0 Å². The normalized spacial score (nSPS) is 15.5. The van der Waals surface area contributed by atoms with Crippen molar-refractivity contribution in [3.05, 3.63) is 66.1 Å². The molecule has 0 atom stereocenters. The number of piperidine rings is 1. The minimum atomic E-state index is 0.313. The monoisotopic (exact) mass is 393 g/mol. The van der Waals surface area contributed by atoms with Gasteiger partial charge in [0.25, 0.3) is 0 Å². The standard InChI is InChI=1S/C23H27N3O3/c1-2-27-20-10-8-19(9-11-20)23-24-22(29-25-23)16-26-14-12-21(13-15-26)28-17-18-6-4-3-5-7-18/h3-11,21H,2,12-17H2,1H3. The first-order valence-electron chi connectivity index (χ1n) is 10.2. The molecule has 2 aromatic carbocycles. The second kappa shape index (κ2) is 9.67. The summed E-state index contributed by atoms with van der Waals surface area (Å²) in [5, 5.41) is 4.13. The molecule has 0 bridgehead atoms. The summed E-state index contributed by atoms with van der Waals surface area (Å²) >= 11 is 0. The fraction of sp³-hybridized carbons (Fsp3) is 0.391. The maximum atomic E-state index is 6.07. The van der Waals surface area contributed by atoms with Gasteiger partial charge in [-0.15, -0.1) is 0 Å². The van der Waals surface area contributed by atoms with Crippen LogP contribution in [0.15, 0.2) is 59.1 Å². The highest BCUT2D eigenvalue weighted by atomic mass is 16.5. The van der Waals surface area contributed by atoms with Gasteiger partial charge in [-0.1, -0.05) is 35.5 Å². The van der Waals surface area contributed by atoms with Crippen molar-refractivity contribution < 1.29 is 14.0 Å². The van der Waals surface area contributed by atoms with Gasteiger partial charge >= 0.3 is 0 Å². The third-order valence-electron chi connectivity index (χ3n) is 5.11. The number of hydrogen-bond acceptors (Lipinski definition) is 6. The van der Waals surface area contributed by atoms with Crippen LogP contribution in [0.1, 0.15) is 31.2 Å². The van der Waals surface area contributed by atoms with Gasteiger partial charge in [0.05, 0.1) is 25.9 Å². The van der Waals surface area contributed by atoms with E-state index in [-0.39, 0.29) is 0 Å². The van der Waals surface area contributed by atoms with E-state index in [1.54, 1.807) is 0 Å². The lowest BCUT2D eigenvalue weighted by atomic mass is 10.1. The largest absolute Gasteiger partial charge is 0.494 e. The molecule has 0 N–H and O–H groups in total. The molecule has 0 aliphatic carbocycles. The molecule has 1 aliphatic rings. The Labute approximate surface area is 171 Å². The Balaban J connectivity index is 1.24. The van der Waals surface area contributed by atoms with E-state index in [4.69, 9.17) is 14.0 Å². The van der Waals surface area contributed by atoms with Gasteiger partial charge < -0.3 is 14.0 Å². The molecule has 0 spiro atoms. The first kappa shape index (κ1) is 19.6. The lowest BCUT2D eigenvalue weighted by Crippen LogP contribution is -2.36. The Morgan fingerprint density at radius 2 is 1.79 bits per heavy atom. The molecular weight excluding hydrogens is 366 g/mol. The highest BCUT2D eigenvalue weighted by molar-refractivity contribution is 5.55. The Morgan fingerprint density at radius 1 is 1.03 bits per heavy atom. The van der Waals surface area contributed by atoms with Crippen LogP contribution in [0.5, 0.6) is 5.75 Å². The lowest BCUT2D eigenvalue weighted by molar-refractivity contribution is -0.00555. The predicted molar refractivity (Wildman–Crippen MR) is 110 cm³/mol. The topological polar surface area (TPSA) is 60.6 Å². The summed E-state index contributed by atoms with van der Waals surface area (Å²) in [5.41, 5.74) is 2.15. The summed E-state index contributed by atoms with van der Waals surface area (Å²) in [7, 11) is 0. The number of hydrogen-bond donors (Lipinski definition) is 0. The molecule has 1 fully saturated rings. The number of nitrogens with zero attached hydrogens (tertiary/aromatic N) is 3. The van der Waals surface area contributed by atoms with Crippen LogP contribution in [0, 0.1) is 0 Å². The molecule has 3 aromatic rings. The fourth-order valence-corrected chi connectivity index (χ4v) is 3.52. The molecule has 0 saturated carbocycles. The molecule has 29 heavy (non-hydrogen) atoms. The van der Waals surface area contributed by atoms with Crippen LogP contribution in [-0.4, -0.2) is 40.8 Å². The molecule has 4 rings (SSSR count). The number of ether oxygens (including phenoxy) is 2. The van der Waals surface area contributed by atoms with Crippen molar-refractivity contribution in [2.75, 3.05) is 19.7 Å². The van der Waals surface area contributed by atoms with E-state index in [2.05, 4.69) is 27.2 Å². The molecule has 0 radical (unpaired) electrons. The zero-order valence-electron chi connectivity index (χ0n) is 16.8. The number of benzene rings is 2. The van der Waals surface area contributed by atoms with Gasteiger partial charge in [-0.2, -0.15) is 4.98 Å². The van der Waals surface area contributed by atoms with E-state index in [1.165, 1.54) is 5.56 Å². The van der Waals surface area contributed by atoms with Crippen molar-refractivity contribution in [1.29, 1.82) is 0 Å². The summed E-state index contributed by atoms with van der Waals surface area (Å²) in [6.07, 6.45) is 2.35. The summed E-state index contributed by atoms with van der Waals surface area (Å²) in [6.45, 7) is 5.92. The fourth-order valence-electron chi connectivity index (χ4n) is 3.52. The van der Waals surface area contributed by atoms with Crippen LogP contribution in [0.2, 0.25) is 0 Å². The second-order valence-corrected chi connectivity index (χ2v) is 7.24. The van der Waals surface area contributed by atoms with Crippen molar-refractivity contribution in [2.24, 2.45) is 0 Å². The quantitative estimate of drug-likeness (QED) is 0.568. The molecule has 0 unspecified atom stereocenters. The summed E-state index contributed by atoms with van der Waals surface area (Å²) in [6, 6.07) is 18.1. The minimum Gasteiger partial charge on any atom is -0.494 e. The van der Waals surface area contributed by atoms with Gasteiger partial charge in [-0.3, -0.25) is 4.90 Å². The van der Waals surface area contributed by atoms with Crippen molar-refractivity contribution in [3.63, 3.8) is 0 Å². The molecule has 6 nitrogen and oxygen atoms in total. The highest BCUT2D eigenvalue weighted by Crippen LogP contribution is 2.21.